The number of benzene rings is 2. The van der Waals surface area contributed by atoms with Crippen molar-refractivity contribution >= 4 is 27.7 Å². The molecule has 0 bridgehead atoms. The predicted molar refractivity (Wildman–Crippen MR) is 129 cm³/mol. The lowest BCUT2D eigenvalue weighted by atomic mass is 10.1. The number of nitrogens with zero attached hydrogens (tertiary/aromatic N) is 1. The van der Waals surface area contributed by atoms with Gasteiger partial charge in [-0.25, -0.2) is 18.2 Å². The van der Waals surface area contributed by atoms with Crippen LogP contribution in [0.15, 0.2) is 71.8 Å². The number of carboxylic acids is 1. The molecule has 1 aliphatic heterocycles. The maximum atomic E-state index is 12.8. The van der Waals surface area contributed by atoms with Crippen LogP contribution in [0.4, 0.5) is 23.8 Å². The molecule has 202 valence electrons. The molecule has 0 radical (unpaired) electrons. The molecule has 0 aliphatic carbocycles. The van der Waals surface area contributed by atoms with E-state index >= 15 is 0 Å². The number of aromatic nitrogens is 1. The summed E-state index contributed by atoms with van der Waals surface area (Å²) in [6.45, 7) is 3.71. The van der Waals surface area contributed by atoms with E-state index in [-0.39, 0.29) is 22.5 Å². The molecule has 4 N–H and O–H groups in total. The maximum Gasteiger partial charge on any atom is 0.430 e. The first-order chi connectivity index (χ1) is 17.8. The van der Waals surface area contributed by atoms with Gasteiger partial charge in [-0.3, -0.25) is 5.32 Å². The van der Waals surface area contributed by atoms with Gasteiger partial charge >= 0.3 is 12.2 Å². The molecule has 1 aromatic heterocycles. The van der Waals surface area contributed by atoms with E-state index in [9.17, 15) is 26.4 Å². The molecule has 0 spiro atoms. The van der Waals surface area contributed by atoms with E-state index < -0.39 is 28.0 Å². The van der Waals surface area contributed by atoms with E-state index in [0.29, 0.717) is 0 Å². The molecular formula is C25H25F3N4O5S. The largest absolute Gasteiger partial charge is 0.542 e. The number of nitrogens with two attached hydrogens (primary N) is 1. The number of hydrogen-bond donors (Lipinski definition) is 3. The minimum atomic E-state index is -5.19. The van der Waals surface area contributed by atoms with Gasteiger partial charge in [0.1, 0.15) is 24.9 Å². The highest BCUT2D eigenvalue weighted by molar-refractivity contribution is 7.90. The fourth-order valence-electron chi connectivity index (χ4n) is 3.66. The molecule has 13 heteroatoms. The monoisotopic (exact) mass is 550 g/mol. The predicted octanol–water partition coefficient (Wildman–Crippen LogP) is 1.81. The highest BCUT2D eigenvalue weighted by atomic mass is 32.2. The van der Waals surface area contributed by atoms with Crippen molar-refractivity contribution in [2.24, 2.45) is 0 Å². The number of hydrogen-bond acceptors (Lipinski definition) is 6. The van der Waals surface area contributed by atoms with Crippen LogP contribution in [0.25, 0.3) is 0 Å². The number of pyridine rings is 1. The van der Waals surface area contributed by atoms with E-state index in [1.165, 1.54) is 29.5 Å². The van der Waals surface area contributed by atoms with E-state index in [0.717, 1.165) is 24.2 Å². The zero-order valence-corrected chi connectivity index (χ0v) is 21.0. The molecule has 2 aromatic carbocycles. The summed E-state index contributed by atoms with van der Waals surface area (Å²) >= 11 is 0. The van der Waals surface area contributed by atoms with Crippen molar-refractivity contribution in [3.63, 3.8) is 0 Å². The van der Waals surface area contributed by atoms with Crippen LogP contribution in [-0.4, -0.2) is 31.6 Å². The van der Waals surface area contributed by atoms with E-state index in [4.69, 9.17) is 9.90 Å². The Labute approximate surface area is 217 Å². The lowest BCUT2D eigenvalue weighted by Crippen LogP contribution is -2.77. The van der Waals surface area contributed by atoms with Crippen molar-refractivity contribution < 1.29 is 41.6 Å². The van der Waals surface area contributed by atoms with Gasteiger partial charge < -0.3 is 20.5 Å². The van der Waals surface area contributed by atoms with Gasteiger partial charge in [-0.1, -0.05) is 42.5 Å². The van der Waals surface area contributed by atoms with Gasteiger partial charge in [-0.2, -0.15) is 13.2 Å². The fraction of sp³-hybridized carbons (Fsp3) is 0.240. The average Bonchev–Trinajstić information content (AvgIpc) is 3.32. The Hall–Kier alpha value is -3.97. The second-order valence-electron chi connectivity index (χ2n) is 8.45. The summed E-state index contributed by atoms with van der Waals surface area (Å²) in [6.07, 6.45) is -3.91. The Bertz CT molecular complexity index is 1380. The van der Waals surface area contributed by atoms with Crippen LogP contribution in [0.5, 0.6) is 0 Å². The van der Waals surface area contributed by atoms with Gasteiger partial charge in [0.15, 0.2) is 9.84 Å². The number of halogens is 3. The van der Waals surface area contributed by atoms with Crippen molar-refractivity contribution in [3.05, 3.63) is 89.1 Å². The van der Waals surface area contributed by atoms with Crippen molar-refractivity contribution in [1.82, 2.24) is 10.3 Å². The summed E-state index contributed by atoms with van der Waals surface area (Å²) in [5.74, 6) is -2.80. The summed E-state index contributed by atoms with van der Waals surface area (Å²) < 4.78 is 57.1. The minimum absolute atomic E-state index is 0.0796. The molecule has 0 saturated carbocycles. The van der Waals surface area contributed by atoms with Crippen LogP contribution in [0.3, 0.4) is 0 Å². The Morgan fingerprint density at radius 3 is 2.32 bits per heavy atom. The number of carbonyl (C=O) groups is 2. The summed E-state index contributed by atoms with van der Waals surface area (Å²) in [5, 5.41) is 16.4. The third-order valence-electron chi connectivity index (χ3n) is 5.57. The molecule has 2 heterocycles. The first-order valence-corrected chi connectivity index (χ1v) is 13.0. The number of carbonyl (C=O) groups excluding carboxylic acids is 2. The summed E-state index contributed by atoms with van der Waals surface area (Å²) in [5.41, 5.74) is 4.21. The number of aliphatic carboxylic acids is 1. The molecule has 0 saturated heterocycles. The standard InChI is InChI=1S/C23H24N4O3S.C2HF3O2/c1-16(18-5-3-2-4-6-18)26-23(28)27-22-10-9-21(14-25-22)31(29,30)15-17-7-8-19-12-24-13-20(19)11-17;3-2(4,5)1(6)7/h2-11,14,16,24H,12-13,15H2,1H3,(H2,25,26,27,28);(H,6,7). The van der Waals surface area contributed by atoms with Gasteiger partial charge in [-0.05, 0) is 36.2 Å². The molecule has 1 unspecified atom stereocenters. The van der Waals surface area contributed by atoms with Gasteiger partial charge in [-0.15, -0.1) is 0 Å². The van der Waals surface area contributed by atoms with Crippen LogP contribution in [0.2, 0.25) is 0 Å². The third kappa shape index (κ3) is 8.02. The number of rotatable bonds is 6. The average molecular weight is 551 g/mol. The number of anilines is 1. The number of amides is 2. The topological polar surface area (TPSA) is 145 Å². The van der Waals surface area contributed by atoms with Crippen molar-refractivity contribution in [3.8, 4) is 0 Å². The molecule has 38 heavy (non-hydrogen) atoms. The SMILES string of the molecule is CC(NC(=O)Nc1ccc(S(=O)(=O)Cc2ccc3c(c2)C[NH2+]C3)cn1)c1ccccc1.O=C([O-])C(F)(F)F. The second kappa shape index (κ2) is 12.0. The number of sulfone groups is 1. The Morgan fingerprint density at radius 1 is 1.05 bits per heavy atom. The number of urea groups is 1. The van der Waals surface area contributed by atoms with Crippen molar-refractivity contribution in [1.29, 1.82) is 0 Å². The summed E-state index contributed by atoms with van der Waals surface area (Å²) in [6, 6.07) is 17.8. The number of quaternary nitrogens is 1. The lowest BCUT2D eigenvalue weighted by molar-refractivity contribution is -0.676. The normalized spacial score (nSPS) is 13.5. The first-order valence-electron chi connectivity index (χ1n) is 11.4. The summed E-state index contributed by atoms with van der Waals surface area (Å²) in [4.78, 5) is 25.3. The third-order valence-corrected chi connectivity index (χ3v) is 7.24. The highest BCUT2D eigenvalue weighted by Crippen LogP contribution is 2.20. The van der Waals surface area contributed by atoms with Gasteiger partial charge in [0.05, 0.1) is 16.7 Å². The van der Waals surface area contributed by atoms with Crippen LogP contribution in [-0.2, 0) is 33.5 Å². The second-order valence-corrected chi connectivity index (χ2v) is 10.4. The first kappa shape index (κ1) is 28.6. The molecule has 9 nitrogen and oxygen atoms in total. The highest BCUT2D eigenvalue weighted by Gasteiger charge is 2.28. The van der Waals surface area contributed by atoms with Crippen LogP contribution >= 0.6 is 0 Å². The quantitative estimate of drug-likeness (QED) is 0.427. The van der Waals surface area contributed by atoms with E-state index in [1.807, 2.05) is 55.5 Å². The van der Waals surface area contributed by atoms with Gasteiger partial charge in [0.25, 0.3) is 0 Å². The minimum Gasteiger partial charge on any atom is -0.542 e. The van der Waals surface area contributed by atoms with E-state index in [1.54, 1.807) is 0 Å². The number of carboxylic acid groups (broad SMARTS) is 1. The smallest absolute Gasteiger partial charge is 0.430 e. The van der Waals surface area contributed by atoms with E-state index in [2.05, 4.69) is 20.9 Å². The number of nitrogens with one attached hydrogen (secondary N) is 2. The number of fused-ring (bicyclic) bond motifs is 1. The Kier molecular flexibility index (Phi) is 9.07. The summed E-state index contributed by atoms with van der Waals surface area (Å²) in [7, 11) is -3.53. The molecule has 4 rings (SSSR count). The Balaban J connectivity index is 0.000000505. The maximum absolute atomic E-state index is 12.8. The van der Waals surface area contributed by atoms with Crippen molar-refractivity contribution in [2.45, 2.75) is 42.9 Å². The van der Waals surface area contributed by atoms with Gasteiger partial charge in [0.2, 0.25) is 0 Å². The molecule has 3 aromatic rings. The zero-order valence-electron chi connectivity index (χ0n) is 20.2. The van der Waals surface area contributed by atoms with Crippen LogP contribution in [0, 0.1) is 0 Å². The zero-order chi connectivity index (χ0) is 27.9. The molecule has 1 atom stereocenters. The van der Waals surface area contributed by atoms with Crippen LogP contribution < -0.4 is 21.1 Å². The van der Waals surface area contributed by atoms with Gasteiger partial charge in [0, 0.05) is 17.3 Å². The number of alkyl halides is 3. The van der Waals surface area contributed by atoms with Crippen molar-refractivity contribution in [2.75, 3.05) is 5.32 Å². The molecular weight excluding hydrogens is 525 g/mol. The molecule has 1 aliphatic rings. The van der Waals surface area contributed by atoms with Crippen LogP contribution in [0.1, 0.15) is 35.2 Å². The fourth-order valence-corrected chi connectivity index (χ4v) is 4.93. The molecule has 2 amide bonds. The Morgan fingerprint density at radius 2 is 1.71 bits per heavy atom. The lowest BCUT2D eigenvalue weighted by Gasteiger charge is -2.14. The molecule has 0 fully saturated rings.